The number of alkyl halides is 3. The first kappa shape index (κ1) is 24.0. The number of ether oxygens (including phenoxy) is 2. The second kappa shape index (κ2) is 9.61. The molecule has 0 spiro atoms. The van der Waals surface area contributed by atoms with Crippen LogP contribution in [-0.4, -0.2) is 29.1 Å². The number of rotatable bonds is 6. The zero-order valence-electron chi connectivity index (χ0n) is 19.2. The predicted octanol–water partition coefficient (Wildman–Crippen LogP) is 5.76. The molecule has 0 bridgehead atoms. The van der Waals surface area contributed by atoms with Gasteiger partial charge in [0.1, 0.15) is 0 Å². The Morgan fingerprint density at radius 1 is 1.00 bits per heavy atom. The van der Waals surface area contributed by atoms with E-state index in [1.54, 1.807) is 42.5 Å². The molecule has 0 unspecified atom stereocenters. The SMILES string of the molecule is COc1cc(C=Nn2c(-c3cccc(C(F)(F)F)c3)nc3ccccc3c2=O)ccc1OC(C)C. The van der Waals surface area contributed by atoms with Gasteiger partial charge in [-0.15, -0.1) is 0 Å². The first-order valence-electron chi connectivity index (χ1n) is 10.8. The van der Waals surface area contributed by atoms with Crippen LogP contribution in [0.1, 0.15) is 25.0 Å². The van der Waals surface area contributed by atoms with Gasteiger partial charge in [-0.05, 0) is 61.9 Å². The Morgan fingerprint density at radius 3 is 2.49 bits per heavy atom. The molecule has 0 atom stereocenters. The van der Waals surface area contributed by atoms with Crippen LogP contribution in [0.3, 0.4) is 0 Å². The monoisotopic (exact) mass is 481 g/mol. The van der Waals surface area contributed by atoms with E-state index in [2.05, 4.69) is 10.1 Å². The number of methoxy groups -OCH3 is 1. The van der Waals surface area contributed by atoms with Crippen molar-refractivity contribution in [2.75, 3.05) is 7.11 Å². The normalized spacial score (nSPS) is 12.0. The third kappa shape index (κ3) is 5.18. The van der Waals surface area contributed by atoms with Gasteiger partial charge < -0.3 is 9.47 Å². The highest BCUT2D eigenvalue weighted by atomic mass is 19.4. The lowest BCUT2D eigenvalue weighted by Crippen LogP contribution is -2.20. The molecule has 6 nitrogen and oxygen atoms in total. The first-order chi connectivity index (χ1) is 16.7. The molecule has 1 heterocycles. The number of halogens is 3. The molecule has 0 amide bonds. The van der Waals surface area contributed by atoms with Gasteiger partial charge >= 0.3 is 6.18 Å². The summed E-state index contributed by atoms with van der Waals surface area (Å²) in [7, 11) is 1.51. The maximum atomic E-state index is 13.3. The van der Waals surface area contributed by atoms with E-state index in [0.29, 0.717) is 28.0 Å². The van der Waals surface area contributed by atoms with Crippen molar-refractivity contribution in [3.63, 3.8) is 0 Å². The third-order valence-corrected chi connectivity index (χ3v) is 5.07. The van der Waals surface area contributed by atoms with Crippen molar-refractivity contribution in [1.82, 2.24) is 9.66 Å². The van der Waals surface area contributed by atoms with E-state index in [9.17, 15) is 18.0 Å². The van der Waals surface area contributed by atoms with Crippen molar-refractivity contribution in [2.45, 2.75) is 26.1 Å². The number of hydrogen-bond acceptors (Lipinski definition) is 5. The zero-order valence-corrected chi connectivity index (χ0v) is 19.2. The van der Waals surface area contributed by atoms with Crippen LogP contribution in [0.4, 0.5) is 13.2 Å². The third-order valence-electron chi connectivity index (χ3n) is 5.07. The molecule has 4 aromatic rings. The topological polar surface area (TPSA) is 65.7 Å². The maximum Gasteiger partial charge on any atom is 0.416 e. The molecular formula is C26H22F3N3O3. The highest BCUT2D eigenvalue weighted by Gasteiger charge is 2.31. The van der Waals surface area contributed by atoms with Gasteiger partial charge in [0.15, 0.2) is 17.3 Å². The number of hydrogen-bond donors (Lipinski definition) is 0. The van der Waals surface area contributed by atoms with E-state index >= 15 is 0 Å². The van der Waals surface area contributed by atoms with E-state index in [1.807, 2.05) is 13.8 Å². The number of para-hydroxylation sites is 1. The van der Waals surface area contributed by atoms with Crippen LogP contribution in [-0.2, 0) is 6.18 Å². The Morgan fingerprint density at radius 2 is 1.77 bits per heavy atom. The van der Waals surface area contributed by atoms with Crippen LogP contribution in [0.2, 0.25) is 0 Å². The molecule has 35 heavy (non-hydrogen) atoms. The van der Waals surface area contributed by atoms with Gasteiger partial charge in [0, 0.05) is 5.56 Å². The van der Waals surface area contributed by atoms with Crippen molar-refractivity contribution in [2.24, 2.45) is 5.10 Å². The number of fused-ring (bicyclic) bond motifs is 1. The zero-order chi connectivity index (χ0) is 25.2. The lowest BCUT2D eigenvalue weighted by Gasteiger charge is -2.14. The number of nitrogens with zero attached hydrogens (tertiary/aromatic N) is 3. The molecule has 0 saturated heterocycles. The van der Waals surface area contributed by atoms with E-state index in [4.69, 9.17) is 9.47 Å². The number of benzene rings is 3. The molecule has 3 aromatic carbocycles. The number of aromatic nitrogens is 2. The molecule has 0 aliphatic heterocycles. The van der Waals surface area contributed by atoms with Gasteiger partial charge in [-0.2, -0.15) is 22.9 Å². The van der Waals surface area contributed by atoms with Gasteiger partial charge in [-0.3, -0.25) is 4.79 Å². The first-order valence-corrected chi connectivity index (χ1v) is 10.8. The molecule has 0 fully saturated rings. The van der Waals surface area contributed by atoms with Crippen molar-refractivity contribution in [1.29, 1.82) is 0 Å². The molecule has 0 N–H and O–H groups in total. The molecular weight excluding hydrogens is 459 g/mol. The summed E-state index contributed by atoms with van der Waals surface area (Å²) in [4.78, 5) is 17.7. The summed E-state index contributed by atoms with van der Waals surface area (Å²) in [5.74, 6) is 1.02. The second-order valence-corrected chi connectivity index (χ2v) is 7.97. The fourth-order valence-electron chi connectivity index (χ4n) is 3.49. The van der Waals surface area contributed by atoms with E-state index in [0.717, 1.165) is 16.8 Å². The van der Waals surface area contributed by atoms with Crippen LogP contribution < -0.4 is 15.0 Å². The fourth-order valence-corrected chi connectivity index (χ4v) is 3.49. The molecule has 0 radical (unpaired) electrons. The summed E-state index contributed by atoms with van der Waals surface area (Å²) in [6.07, 6.45) is -3.19. The molecule has 9 heteroatoms. The van der Waals surface area contributed by atoms with E-state index in [1.165, 1.54) is 25.5 Å². The Labute approximate surface area is 199 Å². The summed E-state index contributed by atoms with van der Waals surface area (Å²) in [6.45, 7) is 3.78. The molecule has 180 valence electrons. The van der Waals surface area contributed by atoms with Crippen molar-refractivity contribution < 1.29 is 22.6 Å². The average molecular weight is 481 g/mol. The van der Waals surface area contributed by atoms with Gasteiger partial charge in [-0.25, -0.2) is 4.98 Å². The van der Waals surface area contributed by atoms with E-state index in [-0.39, 0.29) is 17.5 Å². The minimum atomic E-state index is -4.54. The Hall–Kier alpha value is -4.14. The highest BCUT2D eigenvalue weighted by Crippen LogP contribution is 2.32. The minimum Gasteiger partial charge on any atom is -0.493 e. The largest absolute Gasteiger partial charge is 0.493 e. The molecule has 0 saturated carbocycles. The average Bonchev–Trinajstić information content (AvgIpc) is 2.83. The Bertz CT molecular complexity index is 1460. The highest BCUT2D eigenvalue weighted by molar-refractivity contribution is 5.82. The van der Waals surface area contributed by atoms with Gasteiger partial charge in [0.25, 0.3) is 5.56 Å². The smallest absolute Gasteiger partial charge is 0.416 e. The lowest BCUT2D eigenvalue weighted by molar-refractivity contribution is -0.137. The molecule has 0 aliphatic carbocycles. The lowest BCUT2D eigenvalue weighted by atomic mass is 10.1. The summed E-state index contributed by atoms with van der Waals surface area (Å²) >= 11 is 0. The Kier molecular flexibility index (Phi) is 6.59. The molecule has 0 aliphatic rings. The molecule has 4 rings (SSSR count). The van der Waals surface area contributed by atoms with Gasteiger partial charge in [0.05, 0.1) is 35.9 Å². The van der Waals surface area contributed by atoms with Gasteiger partial charge in [0.2, 0.25) is 0 Å². The standard InChI is InChI=1S/C26H22F3N3O3/c1-16(2)35-22-12-11-17(13-23(22)34-3)15-30-32-24(18-7-6-8-19(14-18)26(27,28)29)31-21-10-5-4-9-20(21)25(32)33/h4-16H,1-3H3. The van der Waals surface area contributed by atoms with Crippen molar-refractivity contribution in [3.8, 4) is 22.9 Å². The maximum absolute atomic E-state index is 13.3. The van der Waals surface area contributed by atoms with E-state index < -0.39 is 17.3 Å². The summed E-state index contributed by atoms with van der Waals surface area (Å²) < 4.78 is 52.1. The van der Waals surface area contributed by atoms with Gasteiger partial charge in [-0.1, -0.05) is 24.3 Å². The van der Waals surface area contributed by atoms with Crippen molar-refractivity contribution >= 4 is 17.1 Å². The van der Waals surface area contributed by atoms with Crippen LogP contribution in [0.15, 0.2) is 76.6 Å². The van der Waals surface area contributed by atoms with Crippen LogP contribution in [0.25, 0.3) is 22.3 Å². The van der Waals surface area contributed by atoms with Crippen LogP contribution in [0.5, 0.6) is 11.5 Å². The Balaban J connectivity index is 1.85. The quantitative estimate of drug-likeness (QED) is 0.329. The van der Waals surface area contributed by atoms with Crippen molar-refractivity contribution in [3.05, 3.63) is 88.2 Å². The second-order valence-electron chi connectivity index (χ2n) is 7.97. The fraction of sp³-hybridized carbons (Fsp3) is 0.192. The predicted molar refractivity (Wildman–Crippen MR) is 128 cm³/mol. The summed E-state index contributed by atoms with van der Waals surface area (Å²) in [5, 5.41) is 4.59. The summed E-state index contributed by atoms with van der Waals surface area (Å²) in [6, 6.07) is 16.4. The minimum absolute atomic E-state index is 0.0113. The van der Waals surface area contributed by atoms with Crippen LogP contribution in [0, 0.1) is 0 Å². The van der Waals surface area contributed by atoms with Crippen LogP contribution >= 0.6 is 0 Å². The summed E-state index contributed by atoms with van der Waals surface area (Å²) in [5.41, 5.74) is -0.302. The molecule has 1 aromatic heterocycles.